The monoisotopic (exact) mass is 331 g/mol. The summed E-state index contributed by atoms with van der Waals surface area (Å²) in [5, 5.41) is 1.03. The normalized spacial score (nSPS) is 10.9. The highest BCUT2D eigenvalue weighted by Gasteiger charge is 2.14. The number of hydrogen-bond acceptors (Lipinski definition) is 4. The van der Waals surface area contributed by atoms with E-state index in [0.717, 1.165) is 5.69 Å². The summed E-state index contributed by atoms with van der Waals surface area (Å²) < 4.78 is 12.0. The van der Waals surface area contributed by atoms with Gasteiger partial charge in [-0.3, -0.25) is 4.79 Å². The van der Waals surface area contributed by atoms with Gasteiger partial charge in [0.25, 0.3) is 0 Å². The first-order chi connectivity index (χ1) is 11.0. The summed E-state index contributed by atoms with van der Waals surface area (Å²) in [5.41, 5.74) is 1.33. The second kappa shape index (κ2) is 5.93. The van der Waals surface area contributed by atoms with Crippen LogP contribution in [-0.4, -0.2) is 17.6 Å². The molecule has 2 aromatic heterocycles. The number of methoxy groups -OCH3 is 1. The van der Waals surface area contributed by atoms with Gasteiger partial charge in [0.2, 0.25) is 5.76 Å². The highest BCUT2D eigenvalue weighted by Crippen LogP contribution is 2.24. The lowest BCUT2D eigenvalue weighted by Crippen LogP contribution is -2.13. The van der Waals surface area contributed by atoms with Crippen molar-refractivity contribution in [3.05, 3.63) is 68.9 Å². The fourth-order valence-electron chi connectivity index (χ4n) is 2.54. The van der Waals surface area contributed by atoms with Gasteiger partial charge in [-0.25, -0.2) is 4.79 Å². The molecule has 118 valence electrons. The van der Waals surface area contributed by atoms with Gasteiger partial charge in [-0.05, 0) is 31.2 Å². The molecule has 0 aliphatic rings. The van der Waals surface area contributed by atoms with E-state index in [9.17, 15) is 9.59 Å². The quantitative estimate of drug-likeness (QED) is 0.690. The molecule has 2 heterocycles. The molecule has 0 saturated heterocycles. The van der Waals surface area contributed by atoms with Crippen molar-refractivity contribution < 1.29 is 13.9 Å². The number of benzene rings is 1. The summed E-state index contributed by atoms with van der Waals surface area (Å²) in [4.78, 5) is 23.6. The zero-order valence-electron chi connectivity index (χ0n) is 12.6. The lowest BCUT2D eigenvalue weighted by atomic mass is 10.1. The van der Waals surface area contributed by atoms with Crippen LogP contribution in [0.15, 0.2) is 45.6 Å². The fraction of sp³-hybridized carbons (Fsp3) is 0.176. The number of halogens is 1. The van der Waals surface area contributed by atoms with Gasteiger partial charge < -0.3 is 13.7 Å². The number of ether oxygens (including phenoxy) is 1. The van der Waals surface area contributed by atoms with Crippen molar-refractivity contribution in [2.24, 2.45) is 0 Å². The number of furan rings is 1. The minimum atomic E-state index is -0.532. The number of hydrogen-bond donors (Lipinski definition) is 0. The minimum absolute atomic E-state index is 0.0778. The molecule has 1 aromatic carbocycles. The SMILES string of the molecule is COC(=O)c1ccc(Cn2c(C)cc(=O)c3cccc(Cl)c32)o1. The summed E-state index contributed by atoms with van der Waals surface area (Å²) in [6.45, 7) is 2.18. The standard InChI is InChI=1S/C17H14ClNO4/c1-10-8-14(20)12-4-3-5-13(18)16(12)19(10)9-11-6-7-15(23-11)17(21)22-2/h3-8H,9H2,1-2H3. The van der Waals surface area contributed by atoms with Gasteiger partial charge >= 0.3 is 5.97 Å². The number of esters is 1. The first-order valence-electron chi connectivity index (χ1n) is 6.97. The van der Waals surface area contributed by atoms with Crippen LogP contribution in [0.2, 0.25) is 5.02 Å². The molecule has 0 bridgehead atoms. The molecule has 0 amide bonds. The Bertz CT molecular complexity index is 955. The number of carbonyl (C=O) groups is 1. The maximum atomic E-state index is 12.1. The first-order valence-corrected chi connectivity index (χ1v) is 7.34. The van der Waals surface area contributed by atoms with Gasteiger partial charge in [-0.2, -0.15) is 0 Å². The average Bonchev–Trinajstić information content (AvgIpc) is 2.99. The molecule has 0 unspecified atom stereocenters. The number of carbonyl (C=O) groups excluding carboxylic acids is 1. The molecule has 0 aliphatic carbocycles. The number of aromatic nitrogens is 1. The van der Waals surface area contributed by atoms with Crippen molar-refractivity contribution in [3.8, 4) is 0 Å². The molecule has 0 spiro atoms. The van der Waals surface area contributed by atoms with E-state index in [1.54, 1.807) is 36.4 Å². The number of nitrogens with zero attached hydrogens (tertiary/aromatic N) is 1. The lowest BCUT2D eigenvalue weighted by Gasteiger charge is -2.14. The van der Waals surface area contributed by atoms with E-state index in [1.807, 2.05) is 11.5 Å². The van der Waals surface area contributed by atoms with Crippen LogP contribution in [0.1, 0.15) is 22.0 Å². The average molecular weight is 332 g/mol. The number of para-hydroxylation sites is 1. The van der Waals surface area contributed by atoms with E-state index in [1.165, 1.54) is 7.11 Å². The Hall–Kier alpha value is -2.53. The molecule has 0 N–H and O–H groups in total. The van der Waals surface area contributed by atoms with Gasteiger partial charge in [-0.1, -0.05) is 17.7 Å². The third kappa shape index (κ3) is 2.75. The highest BCUT2D eigenvalue weighted by atomic mass is 35.5. The zero-order valence-corrected chi connectivity index (χ0v) is 13.4. The Balaban J connectivity index is 2.12. The molecule has 3 aromatic rings. The molecule has 5 nitrogen and oxygen atoms in total. The Labute approximate surface area is 137 Å². The van der Waals surface area contributed by atoms with Crippen LogP contribution in [0.5, 0.6) is 0 Å². The summed E-state index contributed by atoms with van der Waals surface area (Å²) in [6, 6.07) is 10.0. The van der Waals surface area contributed by atoms with E-state index in [0.29, 0.717) is 28.2 Å². The summed E-state index contributed by atoms with van der Waals surface area (Å²) in [7, 11) is 1.30. The van der Waals surface area contributed by atoms with Gasteiger partial charge in [0.1, 0.15) is 5.76 Å². The summed E-state index contributed by atoms with van der Waals surface area (Å²) in [5.74, 6) is 0.172. The molecule has 0 saturated carbocycles. The molecule has 0 fully saturated rings. The number of fused-ring (bicyclic) bond motifs is 1. The summed E-state index contributed by atoms with van der Waals surface area (Å²) >= 11 is 6.29. The van der Waals surface area contributed by atoms with E-state index in [-0.39, 0.29) is 11.2 Å². The second-order valence-electron chi connectivity index (χ2n) is 5.13. The van der Waals surface area contributed by atoms with Crippen molar-refractivity contribution in [2.45, 2.75) is 13.5 Å². The van der Waals surface area contributed by atoms with Crippen LogP contribution in [0, 0.1) is 6.92 Å². The molecule has 6 heteroatoms. The number of aryl methyl sites for hydroxylation is 1. The maximum absolute atomic E-state index is 12.1. The molecule has 0 radical (unpaired) electrons. The molecule has 3 rings (SSSR count). The summed E-state index contributed by atoms with van der Waals surface area (Å²) in [6.07, 6.45) is 0. The topological polar surface area (TPSA) is 61.4 Å². The first kappa shape index (κ1) is 15.4. The minimum Gasteiger partial charge on any atom is -0.463 e. The van der Waals surface area contributed by atoms with Crippen LogP contribution < -0.4 is 5.43 Å². The molecule has 0 atom stereocenters. The van der Waals surface area contributed by atoms with Crippen LogP contribution in [0.25, 0.3) is 10.9 Å². The van der Waals surface area contributed by atoms with E-state index >= 15 is 0 Å². The number of pyridine rings is 1. The zero-order chi connectivity index (χ0) is 16.6. The molecular weight excluding hydrogens is 318 g/mol. The Morgan fingerprint density at radius 1 is 1.30 bits per heavy atom. The third-order valence-electron chi connectivity index (χ3n) is 3.65. The lowest BCUT2D eigenvalue weighted by molar-refractivity contribution is 0.0563. The van der Waals surface area contributed by atoms with Crippen molar-refractivity contribution in [1.29, 1.82) is 0 Å². The largest absolute Gasteiger partial charge is 0.463 e. The smallest absolute Gasteiger partial charge is 0.373 e. The Kier molecular flexibility index (Phi) is 3.96. The van der Waals surface area contributed by atoms with Crippen LogP contribution >= 0.6 is 11.6 Å². The molecular formula is C17H14ClNO4. The van der Waals surface area contributed by atoms with Crippen molar-refractivity contribution in [3.63, 3.8) is 0 Å². The van der Waals surface area contributed by atoms with Crippen molar-refractivity contribution >= 4 is 28.5 Å². The maximum Gasteiger partial charge on any atom is 0.373 e. The Morgan fingerprint density at radius 3 is 2.83 bits per heavy atom. The highest BCUT2D eigenvalue weighted by molar-refractivity contribution is 6.35. The van der Waals surface area contributed by atoms with E-state index in [4.69, 9.17) is 16.0 Å². The van der Waals surface area contributed by atoms with Gasteiger partial charge in [0.05, 0.1) is 24.2 Å². The predicted molar refractivity (Wildman–Crippen MR) is 87.1 cm³/mol. The number of rotatable bonds is 3. The van der Waals surface area contributed by atoms with Crippen molar-refractivity contribution in [2.75, 3.05) is 7.11 Å². The fourth-order valence-corrected chi connectivity index (χ4v) is 2.82. The Morgan fingerprint density at radius 2 is 2.09 bits per heavy atom. The van der Waals surface area contributed by atoms with Gasteiger partial charge in [0.15, 0.2) is 5.43 Å². The van der Waals surface area contributed by atoms with Gasteiger partial charge in [-0.15, -0.1) is 0 Å². The second-order valence-corrected chi connectivity index (χ2v) is 5.54. The van der Waals surface area contributed by atoms with Crippen LogP contribution in [0.4, 0.5) is 0 Å². The van der Waals surface area contributed by atoms with Crippen LogP contribution in [0.3, 0.4) is 0 Å². The van der Waals surface area contributed by atoms with Crippen LogP contribution in [-0.2, 0) is 11.3 Å². The molecule has 0 aliphatic heterocycles. The predicted octanol–water partition coefficient (Wildman–Crippen LogP) is 3.39. The van der Waals surface area contributed by atoms with E-state index < -0.39 is 5.97 Å². The van der Waals surface area contributed by atoms with Crippen molar-refractivity contribution in [1.82, 2.24) is 4.57 Å². The third-order valence-corrected chi connectivity index (χ3v) is 3.96. The van der Waals surface area contributed by atoms with Gasteiger partial charge in [0, 0.05) is 17.1 Å². The molecule has 23 heavy (non-hydrogen) atoms. The van der Waals surface area contributed by atoms with E-state index in [2.05, 4.69) is 4.74 Å².